The highest BCUT2D eigenvalue weighted by Crippen LogP contribution is 2.27. The molecule has 0 aliphatic heterocycles. The SMILES string of the molecule is CC(c1cc2ccccc2o1)N(C)C(=O)COc1ccc2ccc(=O)oc2c1. The van der Waals surface area contributed by atoms with Gasteiger partial charge in [-0.15, -0.1) is 0 Å². The van der Waals surface area contributed by atoms with Crippen LogP contribution < -0.4 is 10.4 Å². The monoisotopic (exact) mass is 377 g/mol. The van der Waals surface area contributed by atoms with Crippen LogP contribution in [-0.4, -0.2) is 24.5 Å². The molecule has 0 radical (unpaired) electrons. The highest BCUT2D eigenvalue weighted by atomic mass is 16.5. The van der Waals surface area contributed by atoms with E-state index in [1.807, 2.05) is 37.3 Å². The van der Waals surface area contributed by atoms with Crippen LogP contribution in [0.5, 0.6) is 5.75 Å². The van der Waals surface area contributed by atoms with E-state index in [0.717, 1.165) is 16.4 Å². The minimum absolute atomic E-state index is 0.135. The molecule has 0 spiro atoms. The predicted molar refractivity (Wildman–Crippen MR) is 105 cm³/mol. The third-order valence-electron chi connectivity index (χ3n) is 4.79. The van der Waals surface area contributed by atoms with Crippen molar-refractivity contribution in [3.63, 3.8) is 0 Å². The third-order valence-corrected chi connectivity index (χ3v) is 4.79. The Labute approximate surface area is 160 Å². The summed E-state index contributed by atoms with van der Waals surface area (Å²) in [6.07, 6.45) is 0. The maximum Gasteiger partial charge on any atom is 0.336 e. The fraction of sp³-hybridized carbons (Fsp3) is 0.182. The van der Waals surface area contributed by atoms with Crippen LogP contribution in [0, 0.1) is 0 Å². The number of likely N-dealkylation sites (N-methyl/N-ethyl adjacent to an activating group) is 1. The summed E-state index contributed by atoms with van der Waals surface area (Å²) >= 11 is 0. The molecule has 4 rings (SSSR count). The Kier molecular flexibility index (Phi) is 4.61. The minimum atomic E-state index is -0.430. The van der Waals surface area contributed by atoms with Gasteiger partial charge in [0.25, 0.3) is 5.91 Å². The summed E-state index contributed by atoms with van der Waals surface area (Å²) < 4.78 is 16.6. The quantitative estimate of drug-likeness (QED) is 0.489. The molecule has 28 heavy (non-hydrogen) atoms. The van der Waals surface area contributed by atoms with Gasteiger partial charge in [-0.25, -0.2) is 4.79 Å². The zero-order chi connectivity index (χ0) is 19.7. The van der Waals surface area contributed by atoms with Crippen molar-refractivity contribution in [2.45, 2.75) is 13.0 Å². The standard InChI is InChI=1S/C22H19NO5/c1-14(19-11-16-5-3-4-6-18(16)27-19)23(2)21(24)13-26-17-9-7-15-8-10-22(25)28-20(15)12-17/h3-12,14H,13H2,1-2H3. The number of ether oxygens (including phenoxy) is 1. The molecule has 1 unspecified atom stereocenters. The van der Waals surface area contributed by atoms with E-state index in [4.69, 9.17) is 13.6 Å². The maximum atomic E-state index is 12.5. The highest BCUT2D eigenvalue weighted by molar-refractivity contribution is 5.80. The second-order valence-corrected chi connectivity index (χ2v) is 6.61. The normalized spacial score (nSPS) is 12.2. The number of furan rings is 1. The number of amides is 1. The lowest BCUT2D eigenvalue weighted by Gasteiger charge is -2.23. The Morgan fingerprint density at radius 1 is 1.00 bits per heavy atom. The van der Waals surface area contributed by atoms with Gasteiger partial charge in [0.15, 0.2) is 6.61 Å². The van der Waals surface area contributed by atoms with Gasteiger partial charge in [-0.1, -0.05) is 18.2 Å². The van der Waals surface area contributed by atoms with Crippen molar-refractivity contribution >= 4 is 27.8 Å². The zero-order valence-corrected chi connectivity index (χ0v) is 15.5. The largest absolute Gasteiger partial charge is 0.484 e. The van der Waals surface area contributed by atoms with Crippen molar-refractivity contribution in [3.8, 4) is 5.75 Å². The number of hydrogen-bond acceptors (Lipinski definition) is 5. The van der Waals surface area contributed by atoms with Crippen LogP contribution >= 0.6 is 0 Å². The van der Waals surface area contributed by atoms with Gasteiger partial charge < -0.3 is 18.5 Å². The van der Waals surface area contributed by atoms with Crippen LogP contribution in [0.4, 0.5) is 0 Å². The third kappa shape index (κ3) is 3.49. The second-order valence-electron chi connectivity index (χ2n) is 6.61. The van der Waals surface area contributed by atoms with Gasteiger partial charge in [0.05, 0.1) is 6.04 Å². The molecule has 4 aromatic rings. The summed E-state index contributed by atoms with van der Waals surface area (Å²) in [7, 11) is 1.71. The first kappa shape index (κ1) is 17.9. The van der Waals surface area contributed by atoms with E-state index >= 15 is 0 Å². The molecule has 0 aliphatic rings. The molecular weight excluding hydrogens is 358 g/mol. The summed E-state index contributed by atoms with van der Waals surface area (Å²) in [6, 6.07) is 17.6. The number of nitrogens with zero attached hydrogens (tertiary/aromatic N) is 1. The molecule has 0 aliphatic carbocycles. The van der Waals surface area contributed by atoms with Gasteiger partial charge in [-0.2, -0.15) is 0 Å². The smallest absolute Gasteiger partial charge is 0.336 e. The lowest BCUT2D eigenvalue weighted by Crippen LogP contribution is -2.33. The minimum Gasteiger partial charge on any atom is -0.484 e. The van der Waals surface area contributed by atoms with Crippen molar-refractivity contribution in [2.24, 2.45) is 0 Å². The fourth-order valence-corrected chi connectivity index (χ4v) is 2.99. The first-order valence-electron chi connectivity index (χ1n) is 8.92. The molecule has 0 saturated heterocycles. The molecule has 142 valence electrons. The van der Waals surface area contributed by atoms with Crippen LogP contribution in [-0.2, 0) is 4.79 Å². The highest BCUT2D eigenvalue weighted by Gasteiger charge is 2.21. The Balaban J connectivity index is 1.44. The fourth-order valence-electron chi connectivity index (χ4n) is 2.99. The van der Waals surface area contributed by atoms with Gasteiger partial charge >= 0.3 is 5.63 Å². The van der Waals surface area contributed by atoms with Gasteiger partial charge in [-0.05, 0) is 37.3 Å². The number of benzene rings is 2. The molecule has 0 saturated carbocycles. The summed E-state index contributed by atoms with van der Waals surface area (Å²) in [5.41, 5.74) is 0.778. The molecule has 0 bridgehead atoms. The lowest BCUT2D eigenvalue weighted by atomic mass is 10.2. The summed E-state index contributed by atoms with van der Waals surface area (Å²) in [5.74, 6) is 0.979. The number of carbonyl (C=O) groups is 1. The number of hydrogen-bond donors (Lipinski definition) is 0. The van der Waals surface area contributed by atoms with Crippen LogP contribution in [0.25, 0.3) is 21.9 Å². The Hall–Kier alpha value is -3.54. The molecule has 6 heteroatoms. The predicted octanol–water partition coefficient (Wildman–Crippen LogP) is 4.14. The first-order valence-corrected chi connectivity index (χ1v) is 8.92. The summed E-state index contributed by atoms with van der Waals surface area (Å²) in [6.45, 7) is 1.77. The maximum absolute atomic E-state index is 12.5. The van der Waals surface area contributed by atoms with Gasteiger partial charge in [0.2, 0.25) is 0 Å². The average molecular weight is 377 g/mol. The number of para-hydroxylation sites is 1. The molecule has 0 N–H and O–H groups in total. The van der Waals surface area contributed by atoms with Gasteiger partial charge in [0, 0.05) is 30.0 Å². The molecule has 1 amide bonds. The Morgan fingerprint density at radius 3 is 2.61 bits per heavy atom. The van der Waals surface area contributed by atoms with E-state index in [0.29, 0.717) is 17.1 Å². The van der Waals surface area contributed by atoms with Crippen molar-refractivity contribution in [1.82, 2.24) is 4.90 Å². The van der Waals surface area contributed by atoms with Gasteiger partial charge in [-0.3, -0.25) is 4.79 Å². The Bertz CT molecular complexity index is 1170. The molecule has 0 fully saturated rings. The number of carbonyl (C=O) groups excluding carboxylic acids is 1. The summed E-state index contributed by atoms with van der Waals surface area (Å²) in [5, 5.41) is 1.79. The average Bonchev–Trinajstić information content (AvgIpc) is 3.14. The van der Waals surface area contributed by atoms with Gasteiger partial charge in [0.1, 0.15) is 22.7 Å². The number of fused-ring (bicyclic) bond motifs is 2. The van der Waals surface area contributed by atoms with E-state index in [1.165, 1.54) is 6.07 Å². The second kappa shape index (κ2) is 7.23. The lowest BCUT2D eigenvalue weighted by molar-refractivity contribution is -0.134. The van der Waals surface area contributed by atoms with E-state index in [-0.39, 0.29) is 18.6 Å². The van der Waals surface area contributed by atoms with Crippen LogP contribution in [0.3, 0.4) is 0 Å². The first-order chi connectivity index (χ1) is 13.5. The molecular formula is C22H19NO5. The zero-order valence-electron chi connectivity index (χ0n) is 15.5. The number of rotatable bonds is 5. The molecule has 1 atom stereocenters. The van der Waals surface area contributed by atoms with E-state index in [9.17, 15) is 9.59 Å². The van der Waals surface area contributed by atoms with Crippen molar-refractivity contribution in [2.75, 3.05) is 13.7 Å². The summed E-state index contributed by atoms with van der Waals surface area (Å²) in [4.78, 5) is 25.5. The molecule has 2 aromatic heterocycles. The van der Waals surface area contributed by atoms with Crippen molar-refractivity contribution < 1.29 is 18.4 Å². The van der Waals surface area contributed by atoms with Crippen molar-refractivity contribution in [3.05, 3.63) is 76.8 Å². The molecule has 2 heterocycles. The topological polar surface area (TPSA) is 72.9 Å². The van der Waals surface area contributed by atoms with E-state index in [1.54, 1.807) is 36.2 Å². The van der Waals surface area contributed by atoms with Crippen molar-refractivity contribution in [1.29, 1.82) is 0 Å². The van der Waals surface area contributed by atoms with Crippen LogP contribution in [0.1, 0.15) is 18.7 Å². The van der Waals surface area contributed by atoms with Crippen LogP contribution in [0.15, 0.2) is 74.3 Å². The van der Waals surface area contributed by atoms with E-state index < -0.39 is 5.63 Å². The van der Waals surface area contributed by atoms with Crippen LogP contribution in [0.2, 0.25) is 0 Å². The molecule has 6 nitrogen and oxygen atoms in total. The Morgan fingerprint density at radius 2 is 1.79 bits per heavy atom. The molecule has 2 aromatic carbocycles. The van der Waals surface area contributed by atoms with E-state index in [2.05, 4.69) is 0 Å².